The van der Waals surface area contributed by atoms with Gasteiger partial charge in [0.05, 0.1) is 0 Å². The fourth-order valence-electron chi connectivity index (χ4n) is 0.606. The topological polar surface area (TPSA) is 26.0 Å². The maximum Gasteiger partial charge on any atom is 0.0357 e. The molecule has 0 saturated carbocycles. The van der Waals surface area contributed by atoms with Crippen LogP contribution in [0.4, 0.5) is 0 Å². The molecule has 0 saturated heterocycles. The number of hydrogen-bond acceptors (Lipinski definition) is 2. The van der Waals surface area contributed by atoms with E-state index < -0.39 is 0 Å². The summed E-state index contributed by atoms with van der Waals surface area (Å²) in [5.41, 5.74) is 6.28. The Morgan fingerprint density at radius 3 is 2.73 bits per heavy atom. The normalized spacial score (nSPS) is 11.5. The molecule has 0 fully saturated rings. The quantitative estimate of drug-likeness (QED) is 0.296. The third kappa shape index (κ3) is 3.72. The van der Waals surface area contributed by atoms with Gasteiger partial charge in [0, 0.05) is 11.4 Å². The van der Waals surface area contributed by atoms with Crippen molar-refractivity contribution in [2.75, 3.05) is 6.54 Å². The van der Waals surface area contributed by atoms with Gasteiger partial charge < -0.3 is 5.73 Å². The Kier molecular flexibility index (Phi) is 5.36. The van der Waals surface area contributed by atoms with Gasteiger partial charge in [0.1, 0.15) is 0 Å². The van der Waals surface area contributed by atoms with Crippen molar-refractivity contribution in [2.45, 2.75) is 6.92 Å². The first-order valence-electron chi connectivity index (χ1n) is 3.28. The third-order valence-corrected chi connectivity index (χ3v) is 1.58. The van der Waals surface area contributed by atoms with Crippen LogP contribution >= 0.6 is 12.2 Å². The molecule has 0 aromatic rings. The van der Waals surface area contributed by atoms with Crippen molar-refractivity contribution < 1.29 is 0 Å². The molecule has 11 heavy (non-hydrogen) atoms. The van der Waals surface area contributed by atoms with Gasteiger partial charge in [-0.05, 0) is 24.6 Å². The van der Waals surface area contributed by atoms with Gasteiger partial charge in [-0.25, -0.2) is 0 Å². The predicted octanol–water partition coefficient (Wildman–Crippen LogP) is 1.45. The summed E-state index contributed by atoms with van der Waals surface area (Å²) < 4.78 is 0. The summed E-state index contributed by atoms with van der Waals surface area (Å²) in [4.78, 5) is 0.735. The second-order valence-electron chi connectivity index (χ2n) is 1.87. The molecule has 0 radical (unpaired) electrons. The highest BCUT2D eigenvalue weighted by molar-refractivity contribution is 7.81. The molecule has 2 N–H and O–H groups in total. The van der Waals surface area contributed by atoms with Crippen LogP contribution in [0.15, 0.2) is 23.8 Å². The lowest BCUT2D eigenvalue weighted by Gasteiger charge is -1.98. The third-order valence-electron chi connectivity index (χ3n) is 1.18. The largest absolute Gasteiger partial charge is 0.326 e. The van der Waals surface area contributed by atoms with Crippen molar-refractivity contribution >= 4 is 17.1 Å². The van der Waals surface area contributed by atoms with E-state index in [9.17, 15) is 0 Å². The van der Waals surface area contributed by atoms with Crippen LogP contribution in [0.3, 0.4) is 0 Å². The highest BCUT2D eigenvalue weighted by atomic mass is 32.1. The Morgan fingerprint density at radius 2 is 2.36 bits per heavy atom. The summed E-state index contributed by atoms with van der Waals surface area (Å²) in [6.45, 7) is 2.29. The lowest BCUT2D eigenvalue weighted by molar-refractivity contribution is 1.33. The van der Waals surface area contributed by atoms with E-state index in [1.807, 2.05) is 13.0 Å². The highest BCUT2D eigenvalue weighted by Gasteiger charge is 1.95. The van der Waals surface area contributed by atoms with E-state index in [1.165, 1.54) is 0 Å². The standard InChI is InChI=1S/C9H11NS/c1-3-5-6-8(4-2)9(11)7-10/h1,4-6H,7,10H2,2H3/b6-5-,8-4+. The second-order valence-corrected chi connectivity index (χ2v) is 2.36. The maximum absolute atomic E-state index is 5.35. The van der Waals surface area contributed by atoms with Crippen molar-refractivity contribution in [1.82, 2.24) is 0 Å². The van der Waals surface area contributed by atoms with Gasteiger partial charge in [0.2, 0.25) is 0 Å². The number of nitrogens with two attached hydrogens (primary N) is 1. The molecule has 0 aromatic heterocycles. The van der Waals surface area contributed by atoms with Crippen LogP contribution in [0.25, 0.3) is 0 Å². The van der Waals surface area contributed by atoms with Crippen molar-refractivity contribution in [3.63, 3.8) is 0 Å². The van der Waals surface area contributed by atoms with Crippen molar-refractivity contribution in [2.24, 2.45) is 5.73 Å². The van der Waals surface area contributed by atoms with Gasteiger partial charge in [-0.1, -0.05) is 24.2 Å². The number of allylic oxidation sites excluding steroid dienone is 3. The lowest BCUT2D eigenvalue weighted by atomic mass is 10.1. The van der Waals surface area contributed by atoms with Crippen LogP contribution in [0, 0.1) is 12.3 Å². The van der Waals surface area contributed by atoms with E-state index in [0.717, 1.165) is 10.4 Å². The van der Waals surface area contributed by atoms with Crippen LogP contribution in [0.5, 0.6) is 0 Å². The fourth-order valence-corrected chi connectivity index (χ4v) is 0.792. The molecule has 0 aliphatic rings. The molecule has 0 unspecified atom stereocenters. The Bertz CT molecular complexity index is 230. The summed E-state index contributed by atoms with van der Waals surface area (Å²) in [7, 11) is 0. The molecule has 0 heterocycles. The Labute approximate surface area is 73.0 Å². The Morgan fingerprint density at radius 1 is 1.73 bits per heavy atom. The molecular weight excluding hydrogens is 154 g/mol. The molecule has 1 nitrogen and oxygen atoms in total. The molecule has 0 bridgehead atoms. The van der Waals surface area contributed by atoms with E-state index in [0.29, 0.717) is 6.54 Å². The van der Waals surface area contributed by atoms with Crippen LogP contribution in [-0.2, 0) is 0 Å². The van der Waals surface area contributed by atoms with E-state index in [1.54, 1.807) is 12.2 Å². The van der Waals surface area contributed by atoms with Gasteiger partial charge in [-0.3, -0.25) is 0 Å². The molecule has 0 atom stereocenters. The predicted molar refractivity (Wildman–Crippen MR) is 53.4 cm³/mol. The van der Waals surface area contributed by atoms with Gasteiger partial charge >= 0.3 is 0 Å². The smallest absolute Gasteiger partial charge is 0.0357 e. The first-order valence-corrected chi connectivity index (χ1v) is 3.69. The zero-order valence-corrected chi connectivity index (χ0v) is 7.32. The highest BCUT2D eigenvalue weighted by Crippen LogP contribution is 1.99. The van der Waals surface area contributed by atoms with Crippen LogP contribution in [-0.4, -0.2) is 11.4 Å². The van der Waals surface area contributed by atoms with Gasteiger partial charge in [-0.2, -0.15) is 0 Å². The average molecular weight is 165 g/mol. The molecule has 0 aliphatic carbocycles. The van der Waals surface area contributed by atoms with E-state index >= 15 is 0 Å². The van der Waals surface area contributed by atoms with E-state index in [-0.39, 0.29) is 0 Å². The first kappa shape index (κ1) is 10.1. The first-order chi connectivity index (χ1) is 5.26. The van der Waals surface area contributed by atoms with Gasteiger partial charge in [0.15, 0.2) is 0 Å². The van der Waals surface area contributed by atoms with Crippen LogP contribution in [0.1, 0.15) is 6.92 Å². The number of rotatable bonds is 3. The lowest BCUT2D eigenvalue weighted by Crippen LogP contribution is -2.12. The summed E-state index contributed by atoms with van der Waals surface area (Å²) in [5.74, 6) is 2.39. The van der Waals surface area contributed by atoms with E-state index in [4.69, 9.17) is 24.4 Å². The molecule has 0 amide bonds. The average Bonchev–Trinajstić information content (AvgIpc) is 2.05. The summed E-state index contributed by atoms with van der Waals surface area (Å²) in [5, 5.41) is 0. The maximum atomic E-state index is 5.35. The minimum Gasteiger partial charge on any atom is -0.326 e. The zero-order chi connectivity index (χ0) is 8.69. The molecule has 2 heteroatoms. The number of hydrogen-bond donors (Lipinski definition) is 1. The van der Waals surface area contributed by atoms with Crippen molar-refractivity contribution in [1.29, 1.82) is 0 Å². The minimum atomic E-state index is 0.393. The fraction of sp³-hybridized carbons (Fsp3) is 0.222. The SMILES string of the molecule is C#C/C=C\C(=C/C)C(=S)CN. The summed E-state index contributed by atoms with van der Waals surface area (Å²) in [6, 6.07) is 0. The zero-order valence-electron chi connectivity index (χ0n) is 6.50. The molecular formula is C9H11NS. The Hall–Kier alpha value is -0.910. The Balaban J connectivity index is 4.35. The minimum absolute atomic E-state index is 0.393. The van der Waals surface area contributed by atoms with Crippen LogP contribution in [0.2, 0.25) is 0 Å². The number of terminal acetylenes is 1. The van der Waals surface area contributed by atoms with E-state index in [2.05, 4.69) is 5.92 Å². The molecule has 0 rings (SSSR count). The summed E-state index contributed by atoms with van der Waals surface area (Å²) >= 11 is 4.98. The second kappa shape index (κ2) is 5.84. The van der Waals surface area contributed by atoms with Gasteiger partial charge in [-0.15, -0.1) is 6.42 Å². The molecule has 0 spiro atoms. The van der Waals surface area contributed by atoms with Crippen LogP contribution < -0.4 is 5.73 Å². The monoisotopic (exact) mass is 165 g/mol. The van der Waals surface area contributed by atoms with Gasteiger partial charge in [0.25, 0.3) is 0 Å². The molecule has 0 aliphatic heterocycles. The molecule has 0 aromatic carbocycles. The van der Waals surface area contributed by atoms with Crippen molar-refractivity contribution in [3.05, 3.63) is 23.8 Å². The molecule has 58 valence electrons. The van der Waals surface area contributed by atoms with Crippen molar-refractivity contribution in [3.8, 4) is 12.3 Å². The summed E-state index contributed by atoms with van der Waals surface area (Å²) in [6.07, 6.45) is 10.3. The number of thiocarbonyl (C=S) groups is 1.